The van der Waals surface area contributed by atoms with Crippen molar-refractivity contribution in [1.82, 2.24) is 4.98 Å². The molecule has 19 heavy (non-hydrogen) atoms. The number of aromatic carboxylic acids is 1. The number of nitrogens with zero attached hydrogens (tertiary/aromatic N) is 2. The van der Waals surface area contributed by atoms with Crippen molar-refractivity contribution in [3.63, 3.8) is 0 Å². The quantitative estimate of drug-likeness (QED) is 0.872. The highest BCUT2D eigenvalue weighted by molar-refractivity contribution is 5.94. The molecule has 5 nitrogen and oxygen atoms in total. The maximum Gasteiger partial charge on any atom is 0.339 e. The van der Waals surface area contributed by atoms with Gasteiger partial charge in [0.1, 0.15) is 11.4 Å². The van der Waals surface area contributed by atoms with Crippen LogP contribution in [0.1, 0.15) is 49.4 Å². The minimum Gasteiger partial charge on any atom is -0.478 e. The van der Waals surface area contributed by atoms with Crippen LogP contribution in [0.4, 0.5) is 11.5 Å². The van der Waals surface area contributed by atoms with Gasteiger partial charge in [0, 0.05) is 12.6 Å². The Labute approximate surface area is 113 Å². The molecule has 1 aromatic heterocycles. The Balaban J connectivity index is 2.34. The van der Waals surface area contributed by atoms with Crippen molar-refractivity contribution in [2.45, 2.75) is 45.1 Å². The van der Waals surface area contributed by atoms with Gasteiger partial charge >= 0.3 is 5.97 Å². The van der Waals surface area contributed by atoms with Gasteiger partial charge in [-0.3, -0.25) is 0 Å². The number of hydrogen-bond donors (Lipinski definition) is 2. The van der Waals surface area contributed by atoms with Gasteiger partial charge in [-0.2, -0.15) is 0 Å². The Bertz CT molecular complexity index is 456. The molecule has 104 valence electrons. The van der Waals surface area contributed by atoms with Crippen LogP contribution >= 0.6 is 0 Å². The lowest BCUT2D eigenvalue weighted by Gasteiger charge is -2.35. The van der Waals surface area contributed by atoms with E-state index in [1.54, 1.807) is 0 Å². The molecule has 1 saturated carbocycles. The highest BCUT2D eigenvalue weighted by Crippen LogP contribution is 2.28. The van der Waals surface area contributed by atoms with Crippen LogP contribution < -0.4 is 10.6 Å². The van der Waals surface area contributed by atoms with Gasteiger partial charge < -0.3 is 15.7 Å². The number of carbonyl (C=O) groups is 1. The maximum atomic E-state index is 11.4. The molecule has 0 radical (unpaired) electrons. The average Bonchev–Trinajstić information content (AvgIpc) is 2.42. The molecule has 1 heterocycles. The lowest BCUT2D eigenvalue weighted by atomic mass is 9.94. The number of pyridine rings is 1. The highest BCUT2D eigenvalue weighted by atomic mass is 16.4. The number of carboxylic acid groups (broad SMARTS) is 1. The minimum absolute atomic E-state index is 0.201. The van der Waals surface area contributed by atoms with E-state index in [0.29, 0.717) is 17.5 Å². The lowest BCUT2D eigenvalue weighted by Crippen LogP contribution is -2.38. The van der Waals surface area contributed by atoms with E-state index in [9.17, 15) is 9.90 Å². The third kappa shape index (κ3) is 2.97. The molecule has 0 atom stereocenters. The van der Waals surface area contributed by atoms with Crippen LogP contribution in [0.5, 0.6) is 0 Å². The van der Waals surface area contributed by atoms with Crippen molar-refractivity contribution in [2.75, 3.05) is 17.2 Å². The third-order valence-corrected chi connectivity index (χ3v) is 3.75. The van der Waals surface area contributed by atoms with Crippen molar-refractivity contribution in [3.05, 3.63) is 17.8 Å². The summed E-state index contributed by atoms with van der Waals surface area (Å²) in [4.78, 5) is 17.7. The molecule has 0 amide bonds. The summed E-state index contributed by atoms with van der Waals surface area (Å²) in [5, 5.41) is 9.31. The summed E-state index contributed by atoms with van der Waals surface area (Å²) in [5.74, 6) is -0.417. The second-order valence-electron chi connectivity index (χ2n) is 5.02. The topological polar surface area (TPSA) is 79.5 Å². The van der Waals surface area contributed by atoms with Gasteiger partial charge in [-0.05, 0) is 25.8 Å². The molecule has 2 rings (SSSR count). The van der Waals surface area contributed by atoms with Crippen molar-refractivity contribution in [2.24, 2.45) is 0 Å². The number of rotatable bonds is 4. The van der Waals surface area contributed by atoms with Crippen LogP contribution in [0.15, 0.2) is 12.3 Å². The monoisotopic (exact) mass is 263 g/mol. The van der Waals surface area contributed by atoms with Gasteiger partial charge in [-0.1, -0.05) is 19.3 Å². The van der Waals surface area contributed by atoms with Crippen LogP contribution in [0.3, 0.4) is 0 Å². The van der Waals surface area contributed by atoms with Gasteiger partial charge in [0.05, 0.1) is 11.9 Å². The smallest absolute Gasteiger partial charge is 0.339 e. The zero-order valence-electron chi connectivity index (χ0n) is 11.3. The van der Waals surface area contributed by atoms with Crippen LogP contribution in [-0.2, 0) is 0 Å². The molecule has 0 unspecified atom stereocenters. The van der Waals surface area contributed by atoms with Gasteiger partial charge in [-0.15, -0.1) is 0 Å². The Morgan fingerprint density at radius 1 is 1.47 bits per heavy atom. The van der Waals surface area contributed by atoms with Gasteiger partial charge in [0.25, 0.3) is 0 Å². The molecule has 0 spiro atoms. The van der Waals surface area contributed by atoms with Crippen molar-refractivity contribution >= 4 is 17.5 Å². The molecule has 0 aromatic carbocycles. The largest absolute Gasteiger partial charge is 0.478 e. The van der Waals surface area contributed by atoms with Crippen molar-refractivity contribution in [3.8, 4) is 0 Å². The summed E-state index contributed by atoms with van der Waals surface area (Å²) in [6.07, 6.45) is 7.44. The molecule has 1 aromatic rings. The second-order valence-corrected chi connectivity index (χ2v) is 5.02. The van der Waals surface area contributed by atoms with E-state index in [1.807, 2.05) is 6.92 Å². The summed E-state index contributed by atoms with van der Waals surface area (Å²) in [7, 11) is 0. The molecule has 1 aliphatic rings. The Hall–Kier alpha value is -1.78. The average molecular weight is 263 g/mol. The van der Waals surface area contributed by atoms with Crippen LogP contribution in [-0.4, -0.2) is 28.6 Å². The molecule has 0 saturated heterocycles. The number of anilines is 2. The lowest BCUT2D eigenvalue weighted by molar-refractivity contribution is 0.0697. The van der Waals surface area contributed by atoms with E-state index in [-0.39, 0.29) is 5.56 Å². The number of nitrogen functional groups attached to an aromatic ring is 1. The van der Waals surface area contributed by atoms with E-state index in [1.165, 1.54) is 31.5 Å². The zero-order chi connectivity index (χ0) is 13.8. The third-order valence-electron chi connectivity index (χ3n) is 3.75. The van der Waals surface area contributed by atoms with Gasteiger partial charge in [0.2, 0.25) is 0 Å². The first-order chi connectivity index (χ1) is 9.13. The molecule has 0 aliphatic heterocycles. The summed E-state index contributed by atoms with van der Waals surface area (Å²) in [5.41, 5.74) is 6.23. The van der Waals surface area contributed by atoms with E-state index in [0.717, 1.165) is 19.4 Å². The fourth-order valence-corrected chi connectivity index (χ4v) is 2.83. The van der Waals surface area contributed by atoms with Crippen LogP contribution in [0.25, 0.3) is 0 Å². The summed E-state index contributed by atoms with van der Waals surface area (Å²) in [6, 6.07) is 1.89. The number of nitrogens with two attached hydrogens (primary N) is 1. The van der Waals surface area contributed by atoms with Gasteiger partial charge in [0.15, 0.2) is 0 Å². The van der Waals surface area contributed by atoms with Crippen molar-refractivity contribution in [1.29, 1.82) is 0 Å². The minimum atomic E-state index is -0.968. The Morgan fingerprint density at radius 3 is 2.74 bits per heavy atom. The SMILES string of the molecule is CCN(c1ncc(N)cc1C(=O)O)C1CCCCC1. The molecular weight excluding hydrogens is 242 g/mol. The highest BCUT2D eigenvalue weighted by Gasteiger charge is 2.25. The van der Waals surface area contributed by atoms with E-state index < -0.39 is 5.97 Å². The van der Waals surface area contributed by atoms with E-state index >= 15 is 0 Å². The fourth-order valence-electron chi connectivity index (χ4n) is 2.83. The molecular formula is C14H21N3O2. The Kier molecular flexibility index (Phi) is 4.24. The Morgan fingerprint density at radius 2 is 2.16 bits per heavy atom. The second kappa shape index (κ2) is 5.91. The predicted octanol–water partition coefficient (Wildman–Crippen LogP) is 2.52. The summed E-state index contributed by atoms with van der Waals surface area (Å²) >= 11 is 0. The first-order valence-electron chi connectivity index (χ1n) is 6.89. The van der Waals surface area contributed by atoms with Crippen LogP contribution in [0, 0.1) is 0 Å². The first kappa shape index (κ1) is 13.6. The molecule has 0 bridgehead atoms. The number of hydrogen-bond acceptors (Lipinski definition) is 4. The van der Waals surface area contributed by atoms with E-state index in [2.05, 4.69) is 9.88 Å². The summed E-state index contributed by atoms with van der Waals surface area (Å²) in [6.45, 7) is 2.81. The predicted molar refractivity (Wildman–Crippen MR) is 75.5 cm³/mol. The van der Waals surface area contributed by atoms with E-state index in [4.69, 9.17) is 5.73 Å². The first-order valence-corrected chi connectivity index (χ1v) is 6.89. The number of carboxylic acids is 1. The molecule has 3 N–H and O–H groups in total. The van der Waals surface area contributed by atoms with Crippen molar-refractivity contribution < 1.29 is 9.90 Å². The van der Waals surface area contributed by atoms with Crippen LogP contribution in [0.2, 0.25) is 0 Å². The maximum absolute atomic E-state index is 11.4. The summed E-state index contributed by atoms with van der Waals surface area (Å²) < 4.78 is 0. The molecule has 5 heteroatoms. The van der Waals surface area contributed by atoms with Gasteiger partial charge in [-0.25, -0.2) is 9.78 Å². The fraction of sp³-hybridized carbons (Fsp3) is 0.571. The molecule has 1 aliphatic carbocycles. The number of aromatic nitrogens is 1. The normalized spacial score (nSPS) is 16.3. The standard InChI is InChI=1S/C14H21N3O2/c1-2-17(11-6-4-3-5-7-11)13-12(14(18)19)8-10(15)9-16-13/h8-9,11H,2-7,15H2,1H3,(H,18,19). The zero-order valence-corrected chi connectivity index (χ0v) is 11.3. The molecule has 1 fully saturated rings.